The number of H-pyrrole nitrogens is 1. The van der Waals surface area contributed by atoms with E-state index in [2.05, 4.69) is 35.3 Å². The van der Waals surface area contributed by atoms with Gasteiger partial charge in [-0.05, 0) is 25.1 Å². The lowest BCUT2D eigenvalue weighted by molar-refractivity contribution is -0.189. The molecule has 0 aliphatic heterocycles. The summed E-state index contributed by atoms with van der Waals surface area (Å²) in [5.74, 6) is -2.71. The summed E-state index contributed by atoms with van der Waals surface area (Å²) >= 11 is 0. The predicted molar refractivity (Wildman–Crippen MR) is 151 cm³/mol. The lowest BCUT2D eigenvalue weighted by Crippen LogP contribution is -2.29. The zero-order chi connectivity index (χ0) is 31.9. The molecule has 0 saturated heterocycles. The van der Waals surface area contributed by atoms with E-state index in [1.54, 1.807) is 19.1 Å². The molecule has 0 bridgehead atoms. The predicted octanol–water partition coefficient (Wildman–Crippen LogP) is 2.38. The van der Waals surface area contributed by atoms with Crippen LogP contribution >= 0.6 is 0 Å². The molecule has 4 aromatic rings. The normalized spacial score (nSPS) is 11.5. The van der Waals surface area contributed by atoms with Crippen LogP contribution in [0.2, 0.25) is 0 Å². The van der Waals surface area contributed by atoms with E-state index < -0.39 is 28.8 Å². The highest BCUT2D eigenvalue weighted by Gasteiger charge is 2.42. The number of aromatic nitrogens is 4. The first-order valence-corrected chi connectivity index (χ1v) is 13.1. The number of hydrogen-bond donors (Lipinski definition) is 4. The lowest BCUT2D eigenvalue weighted by atomic mass is 10.1. The molecule has 0 saturated carbocycles. The summed E-state index contributed by atoms with van der Waals surface area (Å²) in [6.07, 6.45) is -5.34. The summed E-state index contributed by atoms with van der Waals surface area (Å²) in [7, 11) is 2.98. The van der Waals surface area contributed by atoms with Crippen LogP contribution in [0.25, 0.3) is 21.8 Å². The van der Waals surface area contributed by atoms with E-state index in [0.29, 0.717) is 41.2 Å². The van der Waals surface area contributed by atoms with Crippen molar-refractivity contribution in [2.75, 3.05) is 59.1 Å². The Bertz CT molecular complexity index is 1700. The third-order valence-electron chi connectivity index (χ3n) is 6.03. The highest BCUT2D eigenvalue weighted by atomic mass is 19.4. The highest BCUT2D eigenvalue weighted by Crippen LogP contribution is 2.36. The Morgan fingerprint density at radius 1 is 0.977 bits per heavy atom. The standard InChI is InChI=1S/C27H29F3N6O8/c1-14-15-12-19(40-2)20(41-3)13-17(15)34-25(32-14)36-26-33-16-4-5-18(43-10-7-31-6-9-42-11-8-37)22(21(16)23(38)35-26)44-24(39)27(28,29)30/h4-5,12-13,31,37H,6-11H2,1-3H3,(H2,32,33,34,35,36,38). The molecule has 0 atom stereocenters. The molecule has 2 aromatic heterocycles. The van der Waals surface area contributed by atoms with Crippen molar-refractivity contribution in [3.63, 3.8) is 0 Å². The molecule has 2 aromatic carbocycles. The fourth-order valence-electron chi connectivity index (χ4n) is 4.05. The van der Waals surface area contributed by atoms with Crippen LogP contribution in [0.3, 0.4) is 0 Å². The first-order chi connectivity index (χ1) is 21.0. The monoisotopic (exact) mass is 622 g/mol. The maximum atomic E-state index is 13.1. The second kappa shape index (κ2) is 14.2. The lowest BCUT2D eigenvalue weighted by Gasteiger charge is -2.15. The fraction of sp³-hybridized carbons (Fsp3) is 0.370. The first kappa shape index (κ1) is 32.2. The second-order valence-corrected chi connectivity index (χ2v) is 9.01. The van der Waals surface area contributed by atoms with Crippen molar-refractivity contribution >= 4 is 39.7 Å². The smallest absolute Gasteiger partial charge is 0.491 e. The number of nitrogens with zero attached hydrogens (tertiary/aromatic N) is 3. The number of ether oxygens (including phenoxy) is 5. The summed E-state index contributed by atoms with van der Waals surface area (Å²) in [5.41, 5.74) is 0.0423. The van der Waals surface area contributed by atoms with Crippen LogP contribution in [0.4, 0.5) is 25.1 Å². The van der Waals surface area contributed by atoms with E-state index in [0.717, 1.165) is 0 Å². The fourth-order valence-corrected chi connectivity index (χ4v) is 4.05. The van der Waals surface area contributed by atoms with Gasteiger partial charge in [-0.3, -0.25) is 15.1 Å². The van der Waals surface area contributed by atoms with Gasteiger partial charge < -0.3 is 34.1 Å². The van der Waals surface area contributed by atoms with E-state index in [-0.39, 0.29) is 49.5 Å². The van der Waals surface area contributed by atoms with Crippen molar-refractivity contribution in [2.45, 2.75) is 13.1 Å². The topological polar surface area (TPSA) is 179 Å². The molecule has 44 heavy (non-hydrogen) atoms. The minimum atomic E-state index is -5.34. The Labute approximate surface area is 247 Å². The quantitative estimate of drug-likeness (QED) is 0.0916. The molecule has 0 spiro atoms. The van der Waals surface area contributed by atoms with Gasteiger partial charge in [0.25, 0.3) is 5.56 Å². The van der Waals surface area contributed by atoms with Crippen LogP contribution in [0.1, 0.15) is 5.69 Å². The number of benzene rings is 2. The van der Waals surface area contributed by atoms with Crippen molar-refractivity contribution in [3.05, 3.63) is 40.3 Å². The van der Waals surface area contributed by atoms with Crippen molar-refractivity contribution in [2.24, 2.45) is 0 Å². The number of aliphatic hydroxyl groups excluding tert-OH is 1. The molecule has 14 nitrogen and oxygen atoms in total. The zero-order valence-electron chi connectivity index (χ0n) is 23.8. The molecule has 0 amide bonds. The minimum Gasteiger partial charge on any atom is -0.493 e. The second-order valence-electron chi connectivity index (χ2n) is 9.01. The van der Waals surface area contributed by atoms with Gasteiger partial charge in [0.05, 0.1) is 50.8 Å². The van der Waals surface area contributed by atoms with Gasteiger partial charge in [0, 0.05) is 24.5 Å². The van der Waals surface area contributed by atoms with Crippen molar-refractivity contribution in [3.8, 4) is 23.0 Å². The molecule has 0 aliphatic carbocycles. The van der Waals surface area contributed by atoms with Crippen molar-refractivity contribution in [1.29, 1.82) is 0 Å². The average molecular weight is 623 g/mol. The average Bonchev–Trinajstić information content (AvgIpc) is 2.98. The van der Waals surface area contributed by atoms with Gasteiger partial charge in [-0.25, -0.2) is 19.7 Å². The van der Waals surface area contributed by atoms with Gasteiger partial charge >= 0.3 is 12.1 Å². The largest absolute Gasteiger partial charge is 0.493 e. The van der Waals surface area contributed by atoms with Gasteiger partial charge in [-0.1, -0.05) is 0 Å². The van der Waals surface area contributed by atoms with Crippen LogP contribution in [-0.2, 0) is 9.53 Å². The number of aromatic amines is 1. The molecular formula is C27H29F3N6O8. The van der Waals surface area contributed by atoms with Crippen LogP contribution < -0.4 is 35.1 Å². The molecule has 4 rings (SSSR count). The number of anilines is 2. The van der Waals surface area contributed by atoms with Crippen molar-refractivity contribution < 1.29 is 46.8 Å². The molecule has 17 heteroatoms. The Morgan fingerprint density at radius 3 is 2.41 bits per heavy atom. The molecular weight excluding hydrogens is 593 g/mol. The highest BCUT2D eigenvalue weighted by molar-refractivity contribution is 5.91. The maximum Gasteiger partial charge on any atom is 0.491 e. The van der Waals surface area contributed by atoms with E-state index in [9.17, 15) is 22.8 Å². The molecule has 0 radical (unpaired) electrons. The van der Waals surface area contributed by atoms with Crippen LogP contribution in [0.5, 0.6) is 23.0 Å². The van der Waals surface area contributed by atoms with Gasteiger partial charge in [0.1, 0.15) is 12.0 Å². The number of aliphatic hydroxyl groups is 1. The number of nitrogens with one attached hydrogen (secondary N) is 3. The SMILES string of the molecule is COc1cc2nc(Nc3nc4ccc(OCCNCCOCCO)c(OC(=O)C(F)(F)F)c4c(=O)[nH]3)nc(C)c2cc1OC. The number of rotatable bonds is 14. The third kappa shape index (κ3) is 7.61. The van der Waals surface area contributed by atoms with Gasteiger partial charge in [0.15, 0.2) is 23.0 Å². The Morgan fingerprint density at radius 2 is 1.70 bits per heavy atom. The van der Waals surface area contributed by atoms with E-state index in [4.69, 9.17) is 24.1 Å². The molecule has 0 fully saturated rings. The summed E-state index contributed by atoms with van der Waals surface area (Å²) in [6, 6.07) is 5.93. The number of hydrogen-bond acceptors (Lipinski definition) is 13. The van der Waals surface area contributed by atoms with E-state index in [1.807, 2.05) is 0 Å². The number of esters is 1. The molecule has 2 heterocycles. The summed E-state index contributed by atoms with van der Waals surface area (Å²) in [6.45, 7) is 2.73. The maximum absolute atomic E-state index is 13.1. The van der Waals surface area contributed by atoms with Gasteiger partial charge in [-0.15, -0.1) is 0 Å². The van der Waals surface area contributed by atoms with Crippen LogP contribution in [-0.4, -0.2) is 90.9 Å². The number of carbonyl (C=O) groups is 1. The first-order valence-electron chi connectivity index (χ1n) is 13.1. The summed E-state index contributed by atoms with van der Waals surface area (Å²) in [5, 5.41) is 14.7. The number of carbonyl (C=O) groups excluding carboxylic acids is 1. The van der Waals surface area contributed by atoms with E-state index in [1.165, 1.54) is 26.4 Å². The van der Waals surface area contributed by atoms with E-state index >= 15 is 0 Å². The molecule has 0 aliphatic rings. The Hall–Kier alpha value is -4.74. The molecule has 236 valence electrons. The third-order valence-corrected chi connectivity index (χ3v) is 6.03. The van der Waals surface area contributed by atoms with Gasteiger partial charge in [0.2, 0.25) is 11.9 Å². The Balaban J connectivity index is 1.63. The van der Waals surface area contributed by atoms with Gasteiger partial charge in [-0.2, -0.15) is 13.2 Å². The summed E-state index contributed by atoms with van der Waals surface area (Å²) in [4.78, 5) is 40.4. The zero-order valence-corrected chi connectivity index (χ0v) is 23.8. The minimum absolute atomic E-state index is 0.0532. The number of methoxy groups -OCH3 is 2. The van der Waals surface area contributed by atoms with Crippen molar-refractivity contribution in [1.82, 2.24) is 25.3 Å². The number of fused-ring (bicyclic) bond motifs is 2. The number of aryl methyl sites for hydroxylation is 1. The van der Waals surface area contributed by atoms with Crippen LogP contribution in [0, 0.1) is 6.92 Å². The summed E-state index contributed by atoms with van der Waals surface area (Å²) < 4.78 is 65.2. The van der Waals surface area contributed by atoms with Crippen LogP contribution in [0.15, 0.2) is 29.1 Å². The number of halogens is 3. The number of alkyl halides is 3. The Kier molecular flexibility index (Phi) is 10.4. The molecule has 0 unspecified atom stereocenters. The molecule has 4 N–H and O–H groups in total.